The highest BCUT2D eigenvalue weighted by Gasteiger charge is 2.87. The van der Waals surface area contributed by atoms with Gasteiger partial charge in [-0.15, -0.1) is 0 Å². The average molecular weight is 512 g/mol. The van der Waals surface area contributed by atoms with Crippen LogP contribution in [0.25, 0.3) is 0 Å². The highest BCUT2D eigenvalue weighted by Crippen LogP contribution is 2.74. The van der Waals surface area contributed by atoms with Crippen LogP contribution >= 0.6 is 0 Å². The molecule has 4 rings (SSSR count). The first-order valence-corrected chi connectivity index (χ1v) is 16.1. The molecular formula is C27H49NO6Si. The third-order valence-corrected chi connectivity index (χ3v) is 14.7. The van der Waals surface area contributed by atoms with Crippen LogP contribution in [0.15, 0.2) is 0 Å². The molecular weight excluding hydrogens is 462 g/mol. The van der Waals surface area contributed by atoms with Crippen molar-refractivity contribution >= 4 is 14.4 Å². The molecule has 0 N–H and O–H groups in total. The summed E-state index contributed by atoms with van der Waals surface area (Å²) in [4.78, 5) is 14.3. The Hall–Kier alpha value is -0.673. The second kappa shape index (κ2) is 7.68. The quantitative estimate of drug-likeness (QED) is 0.363. The molecule has 2 saturated carbocycles. The minimum Gasteiger partial charge on any atom is -0.443 e. The summed E-state index contributed by atoms with van der Waals surface area (Å²) in [6, 6.07) is 0. The van der Waals surface area contributed by atoms with Gasteiger partial charge in [-0.1, -0.05) is 41.5 Å². The van der Waals surface area contributed by atoms with Crippen LogP contribution in [0.3, 0.4) is 0 Å². The normalized spacial score (nSPS) is 43.6. The Morgan fingerprint density at radius 2 is 1.66 bits per heavy atom. The van der Waals surface area contributed by atoms with Crippen LogP contribution in [0.4, 0.5) is 4.79 Å². The van der Waals surface area contributed by atoms with Crippen LogP contribution in [0.1, 0.15) is 75.2 Å². The van der Waals surface area contributed by atoms with Crippen molar-refractivity contribution in [3.05, 3.63) is 0 Å². The zero-order chi connectivity index (χ0) is 26.6. The molecule has 4 fully saturated rings. The molecule has 0 aromatic heterocycles. The molecule has 0 bridgehead atoms. The van der Waals surface area contributed by atoms with Gasteiger partial charge in [-0.25, -0.2) is 4.79 Å². The number of rotatable bonds is 4. The molecule has 7 nitrogen and oxygen atoms in total. The van der Waals surface area contributed by atoms with Crippen LogP contribution in [-0.2, 0) is 23.4 Å². The van der Waals surface area contributed by atoms with E-state index in [0.717, 1.165) is 12.8 Å². The zero-order valence-electron chi connectivity index (χ0n) is 24.3. The molecule has 0 aromatic carbocycles. The maximum Gasteiger partial charge on any atom is 0.409 e. The molecule has 4 aliphatic rings. The summed E-state index contributed by atoms with van der Waals surface area (Å²) in [5.41, 5.74) is -1.97. The number of carbonyl (C=O) groups excluding carboxylic acids is 1. The van der Waals surface area contributed by atoms with Crippen molar-refractivity contribution in [2.45, 2.75) is 129 Å². The number of hydrogen-bond donors (Lipinski definition) is 0. The molecule has 0 unspecified atom stereocenters. The van der Waals surface area contributed by atoms with Gasteiger partial charge in [0.2, 0.25) is 0 Å². The number of ether oxygens (including phenoxy) is 4. The first-order chi connectivity index (χ1) is 15.7. The predicted octanol–water partition coefficient (Wildman–Crippen LogP) is 5.58. The van der Waals surface area contributed by atoms with Crippen molar-refractivity contribution in [2.75, 3.05) is 20.7 Å². The fourth-order valence-electron chi connectivity index (χ4n) is 7.27. The van der Waals surface area contributed by atoms with E-state index in [-0.39, 0.29) is 40.8 Å². The van der Waals surface area contributed by atoms with Gasteiger partial charge in [0.25, 0.3) is 0 Å². The van der Waals surface area contributed by atoms with Crippen LogP contribution in [-0.4, -0.2) is 75.3 Å². The lowest BCUT2D eigenvalue weighted by Crippen LogP contribution is -2.81. The maximum absolute atomic E-state index is 12.8. The molecule has 0 radical (unpaired) electrons. The number of fused-ring (bicyclic) bond motifs is 2. The van der Waals surface area contributed by atoms with Crippen molar-refractivity contribution in [1.29, 1.82) is 0 Å². The summed E-state index contributed by atoms with van der Waals surface area (Å²) in [6.07, 6.45) is 0.870. The maximum atomic E-state index is 12.8. The van der Waals surface area contributed by atoms with Gasteiger partial charge >= 0.3 is 6.09 Å². The van der Waals surface area contributed by atoms with E-state index in [9.17, 15) is 4.79 Å². The molecule has 2 aliphatic heterocycles. The average Bonchev–Trinajstić information content (AvgIpc) is 3.37. The lowest BCUT2D eigenvalue weighted by Gasteiger charge is -2.70. The minimum absolute atomic E-state index is 0.0164. The number of amides is 1. The van der Waals surface area contributed by atoms with Crippen molar-refractivity contribution < 1.29 is 28.2 Å². The SMILES string of the molecule is CN(C)C(=O)O[C@@H]1[C@H]2O[C@@]2(C)[C@@]2(CO[Si](C)(C)C(C)(C)C)OC(C)(C)O[C@H]3CCC(C)(C)[C@H]1[C@]32C. The number of epoxide rings is 1. The Labute approximate surface area is 213 Å². The van der Waals surface area contributed by atoms with Crippen LogP contribution in [0.2, 0.25) is 18.1 Å². The van der Waals surface area contributed by atoms with E-state index in [1.807, 2.05) is 13.8 Å². The zero-order valence-corrected chi connectivity index (χ0v) is 25.3. The van der Waals surface area contributed by atoms with Gasteiger partial charge in [-0.05, 0) is 57.2 Å². The summed E-state index contributed by atoms with van der Waals surface area (Å²) in [7, 11) is 1.35. The minimum atomic E-state index is -2.09. The van der Waals surface area contributed by atoms with Gasteiger partial charge in [0, 0.05) is 25.4 Å². The van der Waals surface area contributed by atoms with Gasteiger partial charge in [0.15, 0.2) is 14.1 Å². The van der Waals surface area contributed by atoms with Gasteiger partial charge in [-0.3, -0.25) is 0 Å². The highest BCUT2D eigenvalue weighted by molar-refractivity contribution is 6.74. The molecule has 2 saturated heterocycles. The van der Waals surface area contributed by atoms with E-state index in [1.165, 1.54) is 4.90 Å². The lowest BCUT2D eigenvalue weighted by atomic mass is 9.42. The van der Waals surface area contributed by atoms with Crippen LogP contribution in [0.5, 0.6) is 0 Å². The topological polar surface area (TPSA) is 69.8 Å². The Morgan fingerprint density at radius 1 is 1.06 bits per heavy atom. The summed E-state index contributed by atoms with van der Waals surface area (Å²) in [5.74, 6) is -0.794. The summed E-state index contributed by atoms with van der Waals surface area (Å²) >= 11 is 0. The van der Waals surface area contributed by atoms with E-state index in [2.05, 4.69) is 61.6 Å². The van der Waals surface area contributed by atoms with Crippen molar-refractivity contribution in [2.24, 2.45) is 16.7 Å². The van der Waals surface area contributed by atoms with Crippen molar-refractivity contribution in [3.8, 4) is 0 Å². The molecule has 202 valence electrons. The van der Waals surface area contributed by atoms with E-state index >= 15 is 0 Å². The standard InChI is InChI=1S/C27H49NO6Si/c1-22(2,3)35(12,13)30-16-27-25(8)17(32-24(6,7)34-27)14-15-23(4,5)19(25)18(20-26(27,9)33-20)31-21(29)28(10)11/h17-20H,14-16H2,1-13H3/t17-,18-,19-,20+,25-,26+,27-/m0/s1. The van der Waals surface area contributed by atoms with Gasteiger partial charge in [0.1, 0.15) is 23.4 Å². The molecule has 0 spiro atoms. The summed E-state index contributed by atoms with van der Waals surface area (Å²) in [6.45, 7) is 24.8. The number of nitrogens with zero attached hydrogens (tertiary/aromatic N) is 1. The van der Waals surface area contributed by atoms with Crippen molar-refractivity contribution in [3.63, 3.8) is 0 Å². The molecule has 1 amide bonds. The highest BCUT2D eigenvalue weighted by atomic mass is 28.4. The second-order valence-corrected chi connectivity index (χ2v) is 19.5. The largest absolute Gasteiger partial charge is 0.443 e. The van der Waals surface area contributed by atoms with E-state index in [0.29, 0.717) is 6.61 Å². The smallest absolute Gasteiger partial charge is 0.409 e. The summed E-state index contributed by atoms with van der Waals surface area (Å²) in [5, 5.41) is 0.0685. The van der Waals surface area contributed by atoms with Gasteiger partial charge < -0.3 is 28.3 Å². The first-order valence-electron chi connectivity index (χ1n) is 13.2. The third kappa shape index (κ3) is 3.76. The predicted molar refractivity (Wildman–Crippen MR) is 138 cm³/mol. The fourth-order valence-corrected chi connectivity index (χ4v) is 8.27. The van der Waals surface area contributed by atoms with E-state index in [4.69, 9.17) is 23.4 Å². The lowest BCUT2D eigenvalue weighted by molar-refractivity contribution is -0.429. The monoisotopic (exact) mass is 511 g/mol. The fraction of sp³-hybridized carbons (Fsp3) is 0.963. The Morgan fingerprint density at radius 3 is 2.20 bits per heavy atom. The van der Waals surface area contributed by atoms with Crippen LogP contribution < -0.4 is 0 Å². The third-order valence-electron chi connectivity index (χ3n) is 10.3. The molecule has 2 aliphatic carbocycles. The van der Waals surface area contributed by atoms with Crippen LogP contribution in [0, 0.1) is 16.7 Å². The molecule has 0 aromatic rings. The number of hydrogen-bond acceptors (Lipinski definition) is 6. The Balaban J connectivity index is 1.87. The van der Waals surface area contributed by atoms with E-state index in [1.54, 1.807) is 14.1 Å². The van der Waals surface area contributed by atoms with Gasteiger partial charge in [-0.2, -0.15) is 0 Å². The van der Waals surface area contributed by atoms with Crippen molar-refractivity contribution in [1.82, 2.24) is 4.90 Å². The van der Waals surface area contributed by atoms with E-state index < -0.39 is 30.7 Å². The molecule has 2 heterocycles. The Bertz CT molecular complexity index is 881. The molecule has 8 heteroatoms. The molecule has 35 heavy (non-hydrogen) atoms. The Kier molecular flexibility index (Phi) is 6.01. The molecule has 7 atom stereocenters. The number of carbonyl (C=O) groups is 1. The first kappa shape index (κ1) is 27.4. The second-order valence-electron chi connectivity index (χ2n) is 14.7. The van der Waals surface area contributed by atoms with Gasteiger partial charge in [0.05, 0.1) is 12.7 Å². The summed E-state index contributed by atoms with van der Waals surface area (Å²) < 4.78 is 33.5.